The van der Waals surface area contributed by atoms with E-state index in [1.54, 1.807) is 0 Å². The number of likely N-dealkylation sites (tertiary alicyclic amines) is 1. The van der Waals surface area contributed by atoms with Crippen molar-refractivity contribution in [3.05, 3.63) is 0 Å². The van der Waals surface area contributed by atoms with Crippen LogP contribution in [0.1, 0.15) is 19.8 Å². The zero-order valence-corrected chi connectivity index (χ0v) is 15.5. The smallest absolute Gasteiger partial charge is 0.370 e. The van der Waals surface area contributed by atoms with Crippen LogP contribution in [0.25, 0.3) is 0 Å². The van der Waals surface area contributed by atoms with E-state index < -0.39 is 12.7 Å². The van der Waals surface area contributed by atoms with Crippen LogP contribution in [0.4, 0.5) is 13.2 Å². The highest BCUT2D eigenvalue weighted by molar-refractivity contribution is 14.0. The Hall–Kier alpha value is -0.290. The van der Waals surface area contributed by atoms with Crippen molar-refractivity contribution in [1.82, 2.24) is 15.1 Å². The zero-order valence-electron chi connectivity index (χ0n) is 13.2. The van der Waals surface area contributed by atoms with E-state index in [2.05, 4.69) is 22.1 Å². The second-order valence-corrected chi connectivity index (χ2v) is 5.43. The van der Waals surface area contributed by atoms with Gasteiger partial charge in [0, 0.05) is 19.1 Å². The molecule has 0 aliphatic carbocycles. The highest BCUT2D eigenvalue weighted by Crippen LogP contribution is 2.16. The number of guanidine groups is 1. The van der Waals surface area contributed by atoms with Gasteiger partial charge in [-0.2, -0.15) is 13.2 Å². The summed E-state index contributed by atoms with van der Waals surface area (Å²) in [5.74, 6) is 0.304. The second-order valence-electron chi connectivity index (χ2n) is 5.43. The number of hydrogen-bond acceptors (Lipinski definition) is 3. The molecule has 22 heavy (non-hydrogen) atoms. The molecule has 0 amide bonds. The first kappa shape index (κ1) is 21.7. The van der Waals surface area contributed by atoms with Crippen LogP contribution in [0.3, 0.4) is 0 Å². The lowest BCUT2D eigenvalue weighted by atomic mass is 10.2. The fourth-order valence-corrected chi connectivity index (χ4v) is 2.54. The summed E-state index contributed by atoms with van der Waals surface area (Å²) in [7, 11) is 1.43. The molecule has 1 heterocycles. The number of alkyl halides is 3. The second kappa shape index (κ2) is 10.5. The third-order valence-electron chi connectivity index (χ3n) is 3.63. The number of nitrogens with two attached hydrogens (primary N) is 1. The Balaban J connectivity index is 0.00000441. The normalized spacial score (nSPS) is 20.3. The molecule has 1 aliphatic heterocycles. The van der Waals surface area contributed by atoms with Gasteiger partial charge in [0.2, 0.25) is 0 Å². The summed E-state index contributed by atoms with van der Waals surface area (Å²) in [4.78, 5) is 7.85. The van der Waals surface area contributed by atoms with E-state index in [0.29, 0.717) is 25.1 Å². The number of hydrogen-bond donors (Lipinski definition) is 2. The van der Waals surface area contributed by atoms with Crippen molar-refractivity contribution in [2.45, 2.75) is 32.0 Å². The molecule has 0 saturated carbocycles. The summed E-state index contributed by atoms with van der Waals surface area (Å²) in [6, 6.07) is 0.434. The monoisotopic (exact) mass is 437 g/mol. The molecule has 1 unspecified atom stereocenters. The van der Waals surface area contributed by atoms with Crippen LogP contribution in [0.15, 0.2) is 4.99 Å². The van der Waals surface area contributed by atoms with Crippen LogP contribution < -0.4 is 11.1 Å². The molecule has 0 aromatic heterocycles. The molecule has 5 nitrogen and oxygen atoms in total. The standard InChI is InChI=1S/C13H26F3N5.HI/c1-3-21-7-4-5-11(21)9-19-12(17)18-6-8-20(2)10-13(14,15)16;/h11H,3-10H2,1-2H3,(H3,17,18,19);1H. The van der Waals surface area contributed by atoms with Gasteiger partial charge in [-0.25, -0.2) is 0 Å². The van der Waals surface area contributed by atoms with E-state index in [1.807, 2.05) is 0 Å². The van der Waals surface area contributed by atoms with Crippen LogP contribution in [0.2, 0.25) is 0 Å². The maximum Gasteiger partial charge on any atom is 0.401 e. The molecule has 0 bridgehead atoms. The number of aliphatic imine (C=N–C) groups is 1. The Labute approximate surface area is 147 Å². The van der Waals surface area contributed by atoms with Gasteiger partial charge in [0.25, 0.3) is 0 Å². The zero-order chi connectivity index (χ0) is 15.9. The fraction of sp³-hybridized carbons (Fsp3) is 0.923. The van der Waals surface area contributed by atoms with Crippen molar-refractivity contribution in [3.63, 3.8) is 0 Å². The molecular formula is C13H27F3IN5. The first-order valence-electron chi connectivity index (χ1n) is 7.35. The summed E-state index contributed by atoms with van der Waals surface area (Å²) in [6.45, 7) is 4.58. The Kier molecular flexibility index (Phi) is 10.3. The molecule has 0 spiro atoms. The van der Waals surface area contributed by atoms with Gasteiger partial charge in [-0.05, 0) is 33.0 Å². The molecular weight excluding hydrogens is 410 g/mol. The maximum absolute atomic E-state index is 12.1. The minimum Gasteiger partial charge on any atom is -0.370 e. The van der Waals surface area contributed by atoms with Crippen molar-refractivity contribution < 1.29 is 13.2 Å². The summed E-state index contributed by atoms with van der Waals surface area (Å²) in [5.41, 5.74) is 5.73. The Morgan fingerprint density at radius 1 is 1.45 bits per heavy atom. The molecule has 9 heteroatoms. The molecule has 0 aromatic carbocycles. The fourth-order valence-electron chi connectivity index (χ4n) is 2.54. The molecule has 1 atom stereocenters. The summed E-state index contributed by atoms with van der Waals surface area (Å²) < 4.78 is 36.4. The number of likely N-dealkylation sites (N-methyl/N-ethyl adjacent to an activating group) is 2. The van der Waals surface area contributed by atoms with Gasteiger partial charge in [0.05, 0.1) is 13.1 Å². The Morgan fingerprint density at radius 3 is 2.73 bits per heavy atom. The van der Waals surface area contributed by atoms with Crippen molar-refractivity contribution in [3.8, 4) is 0 Å². The average molecular weight is 437 g/mol. The van der Waals surface area contributed by atoms with Gasteiger partial charge in [0.15, 0.2) is 5.96 Å². The number of halogens is 4. The number of nitrogens with zero attached hydrogens (tertiary/aromatic N) is 3. The predicted octanol–water partition coefficient (Wildman–Crippen LogP) is 1.49. The minimum atomic E-state index is -4.17. The Morgan fingerprint density at radius 2 is 2.14 bits per heavy atom. The highest BCUT2D eigenvalue weighted by Gasteiger charge is 2.28. The Bertz CT molecular complexity index is 338. The summed E-state index contributed by atoms with van der Waals surface area (Å²) in [5, 5.41) is 2.86. The van der Waals surface area contributed by atoms with Gasteiger partial charge in [-0.1, -0.05) is 6.92 Å². The van der Waals surface area contributed by atoms with Gasteiger partial charge in [-0.15, -0.1) is 24.0 Å². The van der Waals surface area contributed by atoms with E-state index in [0.717, 1.165) is 19.5 Å². The lowest BCUT2D eigenvalue weighted by Gasteiger charge is -2.21. The van der Waals surface area contributed by atoms with E-state index in [9.17, 15) is 13.2 Å². The number of rotatable bonds is 7. The first-order valence-corrected chi connectivity index (χ1v) is 7.35. The largest absolute Gasteiger partial charge is 0.401 e. The van der Waals surface area contributed by atoms with Gasteiger partial charge in [0.1, 0.15) is 0 Å². The molecule has 132 valence electrons. The summed E-state index contributed by atoms with van der Waals surface area (Å²) >= 11 is 0. The van der Waals surface area contributed by atoms with Crippen LogP contribution in [0.5, 0.6) is 0 Å². The van der Waals surface area contributed by atoms with Crippen molar-refractivity contribution in [2.75, 3.05) is 46.3 Å². The van der Waals surface area contributed by atoms with Crippen molar-refractivity contribution in [2.24, 2.45) is 10.7 Å². The predicted molar refractivity (Wildman–Crippen MR) is 93.7 cm³/mol. The molecule has 0 radical (unpaired) electrons. The highest BCUT2D eigenvalue weighted by atomic mass is 127. The van der Waals surface area contributed by atoms with Gasteiger partial charge in [-0.3, -0.25) is 14.8 Å². The molecule has 1 fully saturated rings. The number of nitrogens with one attached hydrogen (secondary N) is 1. The molecule has 0 aromatic rings. The van der Waals surface area contributed by atoms with Gasteiger partial charge < -0.3 is 11.1 Å². The molecule has 1 aliphatic rings. The van der Waals surface area contributed by atoms with Crippen LogP contribution in [-0.2, 0) is 0 Å². The third kappa shape index (κ3) is 8.99. The van der Waals surface area contributed by atoms with Crippen molar-refractivity contribution >= 4 is 29.9 Å². The molecule has 3 N–H and O–H groups in total. The van der Waals surface area contributed by atoms with E-state index in [-0.39, 0.29) is 30.5 Å². The topological polar surface area (TPSA) is 56.9 Å². The minimum absolute atomic E-state index is 0. The van der Waals surface area contributed by atoms with Crippen LogP contribution >= 0.6 is 24.0 Å². The van der Waals surface area contributed by atoms with Crippen molar-refractivity contribution in [1.29, 1.82) is 0 Å². The SMILES string of the molecule is CCN1CCCC1CN=C(N)NCCN(C)CC(F)(F)F.I. The third-order valence-corrected chi connectivity index (χ3v) is 3.63. The quantitative estimate of drug-likeness (QED) is 0.360. The van der Waals surface area contributed by atoms with Crippen LogP contribution in [0, 0.1) is 0 Å². The lowest BCUT2D eigenvalue weighted by molar-refractivity contribution is -0.142. The van der Waals surface area contributed by atoms with Crippen LogP contribution in [-0.4, -0.2) is 74.3 Å². The van der Waals surface area contributed by atoms with E-state index >= 15 is 0 Å². The summed E-state index contributed by atoms with van der Waals surface area (Å²) in [6.07, 6.45) is -1.86. The van der Waals surface area contributed by atoms with Gasteiger partial charge >= 0.3 is 6.18 Å². The first-order chi connectivity index (χ1) is 9.81. The van der Waals surface area contributed by atoms with E-state index in [4.69, 9.17) is 5.73 Å². The molecule has 1 saturated heterocycles. The molecule has 1 rings (SSSR count). The lowest BCUT2D eigenvalue weighted by Crippen LogP contribution is -2.40. The maximum atomic E-state index is 12.1. The van der Waals surface area contributed by atoms with E-state index in [1.165, 1.54) is 18.4 Å². The average Bonchev–Trinajstić information content (AvgIpc) is 2.81.